The summed E-state index contributed by atoms with van der Waals surface area (Å²) >= 11 is 0. The molecule has 0 bridgehead atoms. The number of ether oxygens (including phenoxy) is 1. The third kappa shape index (κ3) is 8.53. The molecule has 1 aliphatic heterocycles. The molecule has 1 heterocycles. The average Bonchev–Trinajstić information content (AvgIpc) is 2.71. The summed E-state index contributed by atoms with van der Waals surface area (Å²) in [6, 6.07) is 6.27. The van der Waals surface area contributed by atoms with E-state index in [1.165, 1.54) is 51.3 Å². The van der Waals surface area contributed by atoms with Gasteiger partial charge in [0.15, 0.2) is 5.96 Å². The van der Waals surface area contributed by atoms with Crippen LogP contribution in [0.1, 0.15) is 30.9 Å². The Labute approximate surface area is 188 Å². The largest absolute Gasteiger partial charge is 0.496 e. The van der Waals surface area contributed by atoms with Gasteiger partial charge >= 0.3 is 0 Å². The van der Waals surface area contributed by atoms with Crippen molar-refractivity contribution in [2.45, 2.75) is 33.2 Å². The molecule has 0 aromatic heterocycles. The van der Waals surface area contributed by atoms with Gasteiger partial charge in [0.2, 0.25) is 0 Å². The van der Waals surface area contributed by atoms with Gasteiger partial charge in [0.1, 0.15) is 5.75 Å². The molecule has 7 heteroatoms. The summed E-state index contributed by atoms with van der Waals surface area (Å²) in [5.41, 5.74) is 2.34. The molecule has 1 aliphatic rings. The minimum Gasteiger partial charge on any atom is -0.496 e. The second kappa shape index (κ2) is 14.0. The molecule has 1 saturated heterocycles. The Bertz CT molecular complexity index is 588. The maximum atomic E-state index is 5.47. The van der Waals surface area contributed by atoms with Crippen molar-refractivity contribution in [3.8, 4) is 5.75 Å². The minimum atomic E-state index is 0. The van der Waals surface area contributed by atoms with Crippen LogP contribution < -0.4 is 15.4 Å². The van der Waals surface area contributed by atoms with Crippen molar-refractivity contribution in [1.82, 2.24) is 20.4 Å². The van der Waals surface area contributed by atoms with Crippen LogP contribution >= 0.6 is 24.0 Å². The van der Waals surface area contributed by atoms with Gasteiger partial charge in [-0.05, 0) is 44.5 Å². The van der Waals surface area contributed by atoms with Crippen molar-refractivity contribution in [3.63, 3.8) is 0 Å². The first-order chi connectivity index (χ1) is 13.2. The number of hydrogen-bond acceptors (Lipinski definition) is 4. The van der Waals surface area contributed by atoms with E-state index in [0.29, 0.717) is 6.54 Å². The minimum absolute atomic E-state index is 0. The summed E-state index contributed by atoms with van der Waals surface area (Å²) in [7, 11) is 3.53. The normalized spacial score (nSPS) is 15.8. The summed E-state index contributed by atoms with van der Waals surface area (Å²) in [5.74, 6) is 1.76. The van der Waals surface area contributed by atoms with Gasteiger partial charge in [-0.3, -0.25) is 4.99 Å². The van der Waals surface area contributed by atoms with Crippen LogP contribution in [0.3, 0.4) is 0 Å². The van der Waals surface area contributed by atoms with Crippen LogP contribution in [0.4, 0.5) is 0 Å². The lowest BCUT2D eigenvalue weighted by Crippen LogP contribution is -2.46. The monoisotopic (exact) mass is 503 g/mol. The number of nitrogens with one attached hydrogen (secondary N) is 2. The molecule has 6 nitrogen and oxygen atoms in total. The molecule has 0 unspecified atom stereocenters. The molecule has 160 valence electrons. The van der Waals surface area contributed by atoms with Gasteiger partial charge in [-0.2, -0.15) is 0 Å². The highest BCUT2D eigenvalue weighted by atomic mass is 127. The zero-order valence-corrected chi connectivity index (χ0v) is 20.3. The Morgan fingerprint density at radius 2 is 1.82 bits per heavy atom. The molecular weight excluding hydrogens is 465 g/mol. The fourth-order valence-corrected chi connectivity index (χ4v) is 3.39. The van der Waals surface area contributed by atoms with Crippen LogP contribution in [-0.4, -0.2) is 75.7 Å². The number of rotatable bonds is 9. The van der Waals surface area contributed by atoms with E-state index >= 15 is 0 Å². The molecule has 1 aromatic carbocycles. The SMILES string of the molecule is CCN1CCN(CCCCNC(=NC)NCc2ccc(C)cc2OC)CC1.I. The number of guanidine groups is 1. The van der Waals surface area contributed by atoms with Gasteiger partial charge in [-0.1, -0.05) is 19.1 Å². The summed E-state index contributed by atoms with van der Waals surface area (Å²) in [5, 5.41) is 6.79. The number of piperazine rings is 1. The number of unbranched alkanes of at least 4 members (excludes halogenated alkanes) is 1. The molecule has 0 aliphatic carbocycles. The number of halogens is 1. The van der Waals surface area contributed by atoms with Crippen molar-refractivity contribution < 1.29 is 4.74 Å². The number of aryl methyl sites for hydroxylation is 1. The van der Waals surface area contributed by atoms with Crippen molar-refractivity contribution in [2.75, 3.05) is 60.0 Å². The van der Waals surface area contributed by atoms with Crippen molar-refractivity contribution in [1.29, 1.82) is 0 Å². The first-order valence-electron chi connectivity index (χ1n) is 10.2. The first kappa shape index (κ1) is 25.0. The highest BCUT2D eigenvalue weighted by Crippen LogP contribution is 2.19. The summed E-state index contributed by atoms with van der Waals surface area (Å²) in [6.45, 7) is 13.2. The summed E-state index contributed by atoms with van der Waals surface area (Å²) in [6.07, 6.45) is 2.38. The molecular formula is C21H38IN5O. The highest BCUT2D eigenvalue weighted by Gasteiger charge is 2.14. The molecule has 1 aromatic rings. The second-order valence-electron chi connectivity index (χ2n) is 7.15. The molecule has 0 amide bonds. The predicted octanol–water partition coefficient (Wildman–Crippen LogP) is 2.70. The highest BCUT2D eigenvalue weighted by molar-refractivity contribution is 14.0. The smallest absolute Gasteiger partial charge is 0.191 e. The van der Waals surface area contributed by atoms with E-state index in [4.69, 9.17) is 4.74 Å². The number of methoxy groups -OCH3 is 1. The van der Waals surface area contributed by atoms with E-state index < -0.39 is 0 Å². The van der Waals surface area contributed by atoms with Crippen LogP contribution in [-0.2, 0) is 6.54 Å². The van der Waals surface area contributed by atoms with Gasteiger partial charge in [-0.15, -0.1) is 24.0 Å². The number of hydrogen-bond donors (Lipinski definition) is 2. The third-order valence-electron chi connectivity index (χ3n) is 5.22. The quantitative estimate of drug-likeness (QED) is 0.235. The van der Waals surface area contributed by atoms with Crippen molar-refractivity contribution in [2.24, 2.45) is 4.99 Å². The van der Waals surface area contributed by atoms with Gasteiger partial charge in [0.25, 0.3) is 0 Å². The van der Waals surface area contributed by atoms with Crippen molar-refractivity contribution >= 4 is 29.9 Å². The van der Waals surface area contributed by atoms with E-state index in [-0.39, 0.29) is 24.0 Å². The maximum Gasteiger partial charge on any atom is 0.191 e. The van der Waals surface area contributed by atoms with Crippen LogP contribution in [0, 0.1) is 6.92 Å². The molecule has 0 saturated carbocycles. The van der Waals surface area contributed by atoms with Gasteiger partial charge in [-0.25, -0.2) is 0 Å². The Morgan fingerprint density at radius 1 is 1.11 bits per heavy atom. The molecule has 28 heavy (non-hydrogen) atoms. The zero-order chi connectivity index (χ0) is 19.5. The second-order valence-corrected chi connectivity index (χ2v) is 7.15. The topological polar surface area (TPSA) is 52.1 Å². The van der Waals surface area contributed by atoms with Crippen LogP contribution in [0.5, 0.6) is 5.75 Å². The lowest BCUT2D eigenvalue weighted by Gasteiger charge is -2.34. The first-order valence-corrected chi connectivity index (χ1v) is 10.2. The van der Waals surface area contributed by atoms with E-state index in [9.17, 15) is 0 Å². The number of likely N-dealkylation sites (N-methyl/N-ethyl adjacent to an activating group) is 1. The van der Waals surface area contributed by atoms with E-state index in [0.717, 1.165) is 30.2 Å². The van der Waals surface area contributed by atoms with E-state index in [2.05, 4.69) is 57.5 Å². The number of aliphatic imine (C=N–C) groups is 1. The zero-order valence-electron chi connectivity index (χ0n) is 18.0. The Kier molecular flexibility index (Phi) is 12.5. The molecule has 2 rings (SSSR count). The van der Waals surface area contributed by atoms with Gasteiger partial charge < -0.3 is 25.2 Å². The van der Waals surface area contributed by atoms with Crippen LogP contribution in [0.25, 0.3) is 0 Å². The molecule has 1 fully saturated rings. The fraction of sp³-hybridized carbons (Fsp3) is 0.667. The predicted molar refractivity (Wildman–Crippen MR) is 129 cm³/mol. The molecule has 0 spiro atoms. The van der Waals surface area contributed by atoms with E-state index in [1.54, 1.807) is 7.11 Å². The molecule has 2 N–H and O–H groups in total. The summed E-state index contributed by atoms with van der Waals surface area (Å²) < 4.78 is 5.47. The fourth-order valence-electron chi connectivity index (χ4n) is 3.39. The molecule has 0 radical (unpaired) electrons. The maximum absolute atomic E-state index is 5.47. The number of nitrogens with zero attached hydrogens (tertiary/aromatic N) is 3. The average molecular weight is 503 g/mol. The standard InChI is InChI=1S/C21H37N5O.HI/c1-5-25-12-14-26(15-13-25)11-7-6-10-23-21(22-3)24-17-19-9-8-18(2)16-20(19)27-4;/h8-9,16H,5-7,10-15,17H2,1-4H3,(H2,22,23,24);1H. The Balaban J connectivity index is 0.00000392. The van der Waals surface area contributed by atoms with Crippen LogP contribution in [0.15, 0.2) is 23.2 Å². The Hall–Kier alpha value is -1.06. The number of benzene rings is 1. The van der Waals surface area contributed by atoms with E-state index in [1.807, 2.05) is 7.05 Å². The Morgan fingerprint density at radius 3 is 2.46 bits per heavy atom. The lowest BCUT2D eigenvalue weighted by molar-refractivity contribution is 0.136. The summed E-state index contributed by atoms with van der Waals surface area (Å²) in [4.78, 5) is 9.43. The lowest BCUT2D eigenvalue weighted by atomic mass is 10.1. The molecule has 0 atom stereocenters. The van der Waals surface area contributed by atoms with Crippen molar-refractivity contribution in [3.05, 3.63) is 29.3 Å². The van der Waals surface area contributed by atoms with Gasteiger partial charge in [0.05, 0.1) is 7.11 Å². The van der Waals surface area contributed by atoms with Gasteiger partial charge in [0, 0.05) is 51.9 Å². The third-order valence-corrected chi connectivity index (χ3v) is 5.22. The van der Waals surface area contributed by atoms with Crippen LogP contribution in [0.2, 0.25) is 0 Å².